The third-order valence-electron chi connectivity index (χ3n) is 5.94. The Balaban J connectivity index is 1.12. The van der Waals surface area contributed by atoms with Crippen LogP contribution in [0.5, 0.6) is 0 Å². The minimum Gasteiger partial charge on any atom is -0.351 e. The Bertz CT molecular complexity index is 1280. The highest BCUT2D eigenvalue weighted by Crippen LogP contribution is 2.26. The van der Waals surface area contributed by atoms with E-state index in [0.717, 1.165) is 54.0 Å². The molecule has 0 unspecified atom stereocenters. The molecule has 2 fully saturated rings. The lowest BCUT2D eigenvalue weighted by Gasteiger charge is -2.29. The number of fused-ring (bicyclic) bond motifs is 1. The van der Waals surface area contributed by atoms with Crippen molar-refractivity contribution < 1.29 is 14.0 Å². The minimum absolute atomic E-state index is 0.253. The second-order valence-corrected chi connectivity index (χ2v) is 9.39. The fraction of sp³-hybridized carbons (Fsp3) is 0.292. The average molecular weight is 479 g/mol. The Labute approximate surface area is 199 Å². The quantitative estimate of drug-likeness (QED) is 0.456. The number of aromatic nitrogens is 3. The number of hydrogen-bond donors (Lipinski definition) is 3. The zero-order valence-electron chi connectivity index (χ0n) is 18.3. The van der Waals surface area contributed by atoms with E-state index in [2.05, 4.69) is 30.9 Å². The average Bonchev–Trinajstić information content (AvgIpc) is 3.15. The van der Waals surface area contributed by atoms with Crippen LogP contribution in [-0.4, -0.2) is 38.2 Å². The Kier molecular flexibility index (Phi) is 6.50. The predicted octanol–water partition coefficient (Wildman–Crippen LogP) is 4.00. The summed E-state index contributed by atoms with van der Waals surface area (Å²) in [6, 6.07) is 10.8. The van der Waals surface area contributed by atoms with Crippen LogP contribution in [0, 0.1) is 5.82 Å². The van der Waals surface area contributed by atoms with Gasteiger partial charge in [-0.25, -0.2) is 14.4 Å². The molecule has 0 radical (unpaired) electrons. The number of imide groups is 1. The molecule has 2 aromatic heterocycles. The second kappa shape index (κ2) is 9.86. The first-order chi connectivity index (χ1) is 16.5. The monoisotopic (exact) mass is 478 g/mol. The maximum Gasteiger partial charge on any atom is 0.290 e. The summed E-state index contributed by atoms with van der Waals surface area (Å²) >= 11 is 0.868. The maximum atomic E-state index is 13.3. The molecule has 0 spiro atoms. The van der Waals surface area contributed by atoms with Crippen LogP contribution in [0.1, 0.15) is 37.1 Å². The number of benzene rings is 1. The van der Waals surface area contributed by atoms with Gasteiger partial charge in [-0.15, -0.1) is 0 Å². The summed E-state index contributed by atoms with van der Waals surface area (Å²) in [5.74, 6) is -0.143. The van der Waals surface area contributed by atoms with Crippen LogP contribution in [0.25, 0.3) is 17.0 Å². The van der Waals surface area contributed by atoms with Gasteiger partial charge in [0.05, 0.1) is 21.8 Å². The van der Waals surface area contributed by atoms with Crippen molar-refractivity contribution in [1.29, 1.82) is 0 Å². The van der Waals surface area contributed by atoms with Crippen molar-refractivity contribution >= 4 is 45.8 Å². The van der Waals surface area contributed by atoms with Crippen molar-refractivity contribution in [3.05, 3.63) is 64.7 Å². The van der Waals surface area contributed by atoms with Crippen LogP contribution in [0.3, 0.4) is 0 Å². The molecule has 0 bridgehead atoms. The standard InChI is InChI=1S/C24H23FN6O2S/c25-15-2-8-20-14(11-15)1-3-19(28-20)13-27-16-4-6-17(7-5-16)29-23-26-10-9-18(30-23)12-21-22(32)31-24(33)34-21/h1-3,8-12,16-17,27H,4-7,13H2,(H,26,29,30)(H,31,32,33)/b21-12+. The third-order valence-corrected chi connectivity index (χ3v) is 6.75. The fourth-order valence-electron chi connectivity index (χ4n) is 4.19. The van der Waals surface area contributed by atoms with Gasteiger partial charge in [0.25, 0.3) is 11.1 Å². The SMILES string of the molecule is O=C1NC(=O)/C(=C\c2ccnc(NC3CCC(NCc4ccc5cc(F)ccc5n4)CC3)n2)S1. The Morgan fingerprint density at radius 2 is 1.88 bits per heavy atom. The zero-order chi connectivity index (χ0) is 23.5. The van der Waals surface area contributed by atoms with E-state index < -0.39 is 5.91 Å². The lowest BCUT2D eigenvalue weighted by molar-refractivity contribution is -0.115. The molecule has 2 aliphatic rings. The third kappa shape index (κ3) is 5.40. The number of carbonyl (C=O) groups excluding carboxylic acids is 2. The smallest absolute Gasteiger partial charge is 0.290 e. The van der Waals surface area contributed by atoms with Gasteiger partial charge in [-0.05, 0) is 73.9 Å². The van der Waals surface area contributed by atoms with Crippen molar-refractivity contribution in [2.45, 2.75) is 44.3 Å². The lowest BCUT2D eigenvalue weighted by Crippen LogP contribution is -2.37. The Morgan fingerprint density at radius 3 is 2.68 bits per heavy atom. The molecule has 8 nitrogen and oxygen atoms in total. The highest BCUT2D eigenvalue weighted by atomic mass is 32.2. The molecule has 1 aliphatic carbocycles. The molecule has 3 heterocycles. The number of amides is 2. The summed E-state index contributed by atoms with van der Waals surface area (Å²) in [5.41, 5.74) is 2.31. The lowest BCUT2D eigenvalue weighted by atomic mass is 9.91. The van der Waals surface area contributed by atoms with E-state index in [1.54, 1.807) is 24.4 Å². The number of nitrogens with one attached hydrogen (secondary N) is 3. The molecule has 1 saturated heterocycles. The van der Waals surface area contributed by atoms with E-state index in [1.165, 1.54) is 12.1 Å². The molecule has 1 saturated carbocycles. The van der Waals surface area contributed by atoms with Gasteiger partial charge in [0.1, 0.15) is 5.82 Å². The van der Waals surface area contributed by atoms with Gasteiger partial charge in [0, 0.05) is 30.2 Å². The van der Waals surface area contributed by atoms with Crippen molar-refractivity contribution in [3.63, 3.8) is 0 Å². The van der Waals surface area contributed by atoms with Crippen LogP contribution in [0.15, 0.2) is 47.5 Å². The van der Waals surface area contributed by atoms with Crippen LogP contribution in [-0.2, 0) is 11.3 Å². The molecule has 3 aromatic rings. The molecule has 2 amide bonds. The number of pyridine rings is 1. The van der Waals surface area contributed by atoms with Crippen molar-refractivity contribution in [2.24, 2.45) is 0 Å². The van der Waals surface area contributed by atoms with E-state index >= 15 is 0 Å². The molecule has 174 valence electrons. The van der Waals surface area contributed by atoms with Crippen LogP contribution in [0.4, 0.5) is 15.1 Å². The second-order valence-electron chi connectivity index (χ2n) is 8.37. The predicted molar refractivity (Wildman–Crippen MR) is 129 cm³/mol. The Hall–Kier alpha value is -3.37. The van der Waals surface area contributed by atoms with Crippen molar-refractivity contribution in [1.82, 2.24) is 25.6 Å². The number of anilines is 1. The van der Waals surface area contributed by atoms with E-state index in [-0.39, 0.29) is 17.1 Å². The molecule has 3 N–H and O–H groups in total. The number of nitrogens with zero attached hydrogens (tertiary/aromatic N) is 3. The molecule has 1 aromatic carbocycles. The van der Waals surface area contributed by atoms with Crippen LogP contribution >= 0.6 is 11.8 Å². The summed E-state index contributed by atoms with van der Waals surface area (Å²) < 4.78 is 13.3. The maximum absolute atomic E-state index is 13.3. The Morgan fingerprint density at radius 1 is 1.06 bits per heavy atom. The first kappa shape index (κ1) is 22.4. The number of rotatable bonds is 6. The highest BCUT2D eigenvalue weighted by molar-refractivity contribution is 8.18. The van der Waals surface area contributed by atoms with Gasteiger partial charge >= 0.3 is 0 Å². The summed E-state index contributed by atoms with van der Waals surface area (Å²) in [6.45, 7) is 0.671. The first-order valence-corrected chi connectivity index (χ1v) is 12.0. The van der Waals surface area contributed by atoms with E-state index in [4.69, 9.17) is 0 Å². The molecular formula is C24H23FN6O2S. The van der Waals surface area contributed by atoms with Crippen molar-refractivity contribution in [3.8, 4) is 0 Å². The molecular weight excluding hydrogens is 455 g/mol. The highest BCUT2D eigenvalue weighted by Gasteiger charge is 2.25. The van der Waals surface area contributed by atoms with Gasteiger partial charge in [0.15, 0.2) is 0 Å². The largest absolute Gasteiger partial charge is 0.351 e. The number of thioether (sulfide) groups is 1. The number of hydrogen-bond acceptors (Lipinski definition) is 8. The zero-order valence-corrected chi connectivity index (χ0v) is 19.1. The van der Waals surface area contributed by atoms with Crippen LogP contribution in [0.2, 0.25) is 0 Å². The van der Waals surface area contributed by atoms with Crippen LogP contribution < -0.4 is 16.0 Å². The summed E-state index contributed by atoms with van der Waals surface area (Å²) in [6.07, 6.45) is 7.21. The molecule has 5 rings (SSSR count). The van der Waals surface area contributed by atoms with E-state index in [1.807, 2.05) is 12.1 Å². The van der Waals surface area contributed by atoms with Gasteiger partial charge in [-0.3, -0.25) is 19.9 Å². The van der Waals surface area contributed by atoms with Gasteiger partial charge < -0.3 is 10.6 Å². The molecule has 34 heavy (non-hydrogen) atoms. The topological polar surface area (TPSA) is 109 Å². The van der Waals surface area contributed by atoms with Gasteiger partial charge in [-0.1, -0.05) is 6.07 Å². The first-order valence-electron chi connectivity index (χ1n) is 11.1. The van der Waals surface area contributed by atoms with E-state index in [9.17, 15) is 14.0 Å². The van der Waals surface area contributed by atoms with Gasteiger partial charge in [0.2, 0.25) is 5.95 Å². The molecule has 1 aliphatic heterocycles. The van der Waals surface area contributed by atoms with Crippen molar-refractivity contribution in [2.75, 3.05) is 5.32 Å². The van der Waals surface area contributed by atoms with Gasteiger partial charge in [-0.2, -0.15) is 0 Å². The van der Waals surface area contributed by atoms with E-state index in [0.29, 0.717) is 29.1 Å². The normalized spacial score (nSPS) is 21.7. The molecule has 0 atom stereocenters. The summed E-state index contributed by atoms with van der Waals surface area (Å²) in [7, 11) is 0. The summed E-state index contributed by atoms with van der Waals surface area (Å²) in [5, 5.41) is 9.64. The number of halogens is 1. The summed E-state index contributed by atoms with van der Waals surface area (Å²) in [4.78, 5) is 36.8. The fourth-order valence-corrected chi connectivity index (χ4v) is 4.86. The number of carbonyl (C=O) groups is 2. The molecule has 10 heteroatoms. The minimum atomic E-state index is -0.401.